The lowest BCUT2D eigenvalue weighted by Crippen LogP contribution is -2.29. The molecule has 1 aromatic carbocycles. The summed E-state index contributed by atoms with van der Waals surface area (Å²) in [7, 11) is -3.78. The van der Waals surface area contributed by atoms with E-state index in [1.165, 1.54) is 12.1 Å². The zero-order valence-electron chi connectivity index (χ0n) is 9.77. The predicted octanol–water partition coefficient (Wildman–Crippen LogP) is 0.0990. The van der Waals surface area contributed by atoms with E-state index in [2.05, 4.69) is 5.32 Å². The standard InChI is InChI=1S/C10H17N3O3S/c1-10(2,14)6-13-8-3-7(11)4-9(5-8)17(12,15)16/h3-5,13-14H,6,11H2,1-2H3,(H2,12,15,16). The molecule has 17 heavy (non-hydrogen) atoms. The van der Waals surface area contributed by atoms with Crippen LogP contribution in [-0.2, 0) is 10.0 Å². The second-order valence-corrected chi connectivity index (χ2v) is 6.06. The number of primary sulfonamides is 1. The summed E-state index contributed by atoms with van der Waals surface area (Å²) < 4.78 is 22.4. The van der Waals surface area contributed by atoms with Crippen LogP contribution in [0.3, 0.4) is 0 Å². The maximum atomic E-state index is 11.2. The number of aliphatic hydroxyl groups is 1. The average molecular weight is 259 g/mol. The van der Waals surface area contributed by atoms with Gasteiger partial charge >= 0.3 is 0 Å². The van der Waals surface area contributed by atoms with Crippen LogP contribution in [0.5, 0.6) is 0 Å². The highest BCUT2D eigenvalue weighted by molar-refractivity contribution is 7.89. The summed E-state index contributed by atoms with van der Waals surface area (Å²) in [5.74, 6) is 0. The monoisotopic (exact) mass is 259 g/mol. The number of hydrogen-bond acceptors (Lipinski definition) is 5. The summed E-state index contributed by atoms with van der Waals surface area (Å²) in [5, 5.41) is 17.4. The van der Waals surface area contributed by atoms with Crippen LogP contribution in [0, 0.1) is 0 Å². The van der Waals surface area contributed by atoms with Crippen molar-refractivity contribution in [3.63, 3.8) is 0 Å². The largest absolute Gasteiger partial charge is 0.399 e. The Bertz CT molecular complexity index is 506. The molecule has 6 nitrogen and oxygen atoms in total. The number of anilines is 2. The van der Waals surface area contributed by atoms with Gasteiger partial charge in [0.25, 0.3) is 0 Å². The molecule has 0 spiro atoms. The third kappa shape index (κ3) is 4.59. The molecule has 0 atom stereocenters. The Morgan fingerprint density at radius 1 is 1.35 bits per heavy atom. The molecule has 0 saturated carbocycles. The normalized spacial score (nSPS) is 12.5. The lowest BCUT2D eigenvalue weighted by Gasteiger charge is -2.19. The molecule has 1 rings (SSSR count). The SMILES string of the molecule is CC(C)(O)CNc1cc(N)cc(S(N)(=O)=O)c1. The molecule has 0 aromatic heterocycles. The van der Waals surface area contributed by atoms with Crippen molar-refractivity contribution in [1.29, 1.82) is 0 Å². The van der Waals surface area contributed by atoms with E-state index in [1.54, 1.807) is 19.9 Å². The van der Waals surface area contributed by atoms with Crippen molar-refractivity contribution < 1.29 is 13.5 Å². The molecule has 0 aliphatic carbocycles. The maximum absolute atomic E-state index is 11.2. The first-order valence-corrected chi connectivity index (χ1v) is 6.52. The van der Waals surface area contributed by atoms with Crippen LogP contribution in [0.4, 0.5) is 11.4 Å². The van der Waals surface area contributed by atoms with Gasteiger partial charge in [0.2, 0.25) is 10.0 Å². The summed E-state index contributed by atoms with van der Waals surface area (Å²) in [4.78, 5) is -0.0595. The van der Waals surface area contributed by atoms with Crippen LogP contribution in [0.2, 0.25) is 0 Å². The van der Waals surface area contributed by atoms with Crippen LogP contribution in [0.25, 0.3) is 0 Å². The van der Waals surface area contributed by atoms with Gasteiger partial charge in [0, 0.05) is 17.9 Å². The molecule has 0 unspecified atom stereocenters. The van der Waals surface area contributed by atoms with Gasteiger partial charge in [-0.15, -0.1) is 0 Å². The highest BCUT2D eigenvalue weighted by atomic mass is 32.2. The quantitative estimate of drug-likeness (QED) is 0.572. The molecular weight excluding hydrogens is 242 g/mol. The zero-order chi connectivity index (χ0) is 13.3. The fraction of sp³-hybridized carbons (Fsp3) is 0.400. The first-order chi connectivity index (χ1) is 7.58. The molecule has 0 aliphatic rings. The van der Waals surface area contributed by atoms with E-state index in [4.69, 9.17) is 10.9 Å². The van der Waals surface area contributed by atoms with Crippen LogP contribution >= 0.6 is 0 Å². The van der Waals surface area contributed by atoms with E-state index in [0.717, 1.165) is 0 Å². The second kappa shape index (κ2) is 4.52. The first-order valence-electron chi connectivity index (χ1n) is 4.97. The van der Waals surface area contributed by atoms with Gasteiger partial charge in [-0.05, 0) is 32.0 Å². The van der Waals surface area contributed by atoms with Gasteiger partial charge in [-0.1, -0.05) is 0 Å². The summed E-state index contributed by atoms with van der Waals surface area (Å²) in [6.07, 6.45) is 0. The molecule has 0 bridgehead atoms. The van der Waals surface area contributed by atoms with E-state index in [0.29, 0.717) is 5.69 Å². The van der Waals surface area contributed by atoms with E-state index in [9.17, 15) is 13.5 Å². The Hall–Kier alpha value is -1.31. The van der Waals surface area contributed by atoms with E-state index in [1.807, 2.05) is 0 Å². The highest BCUT2D eigenvalue weighted by Crippen LogP contribution is 2.20. The van der Waals surface area contributed by atoms with Crippen LogP contribution in [-0.4, -0.2) is 25.7 Å². The number of nitrogen functional groups attached to an aromatic ring is 1. The molecule has 7 heteroatoms. The van der Waals surface area contributed by atoms with Crippen LogP contribution in [0.1, 0.15) is 13.8 Å². The first kappa shape index (κ1) is 13.8. The van der Waals surface area contributed by atoms with E-state index >= 15 is 0 Å². The molecular formula is C10H17N3O3S. The Morgan fingerprint density at radius 2 is 1.94 bits per heavy atom. The number of nitrogens with one attached hydrogen (secondary N) is 1. The summed E-state index contributed by atoms with van der Waals surface area (Å²) in [6.45, 7) is 3.53. The Balaban J connectivity index is 2.99. The Kier molecular flexibility index (Phi) is 3.65. The number of benzene rings is 1. The number of hydrogen-bond donors (Lipinski definition) is 4. The molecule has 0 aliphatic heterocycles. The predicted molar refractivity (Wildman–Crippen MR) is 67.0 cm³/mol. The number of sulfonamides is 1. The van der Waals surface area contributed by atoms with Gasteiger partial charge in [0.05, 0.1) is 10.5 Å². The average Bonchev–Trinajstić information content (AvgIpc) is 2.11. The lowest BCUT2D eigenvalue weighted by atomic mass is 10.1. The van der Waals surface area contributed by atoms with E-state index in [-0.39, 0.29) is 17.1 Å². The zero-order valence-corrected chi connectivity index (χ0v) is 10.6. The van der Waals surface area contributed by atoms with Crippen molar-refractivity contribution in [2.45, 2.75) is 24.3 Å². The molecule has 0 amide bonds. The molecule has 1 aromatic rings. The van der Waals surface area contributed by atoms with Gasteiger partial charge in [-0.3, -0.25) is 0 Å². The molecule has 0 radical (unpaired) electrons. The van der Waals surface area contributed by atoms with Crippen molar-refractivity contribution in [2.24, 2.45) is 5.14 Å². The summed E-state index contributed by atoms with van der Waals surface area (Å²) in [5.41, 5.74) is 5.45. The number of nitrogens with two attached hydrogens (primary N) is 2. The lowest BCUT2D eigenvalue weighted by molar-refractivity contribution is 0.0945. The topological polar surface area (TPSA) is 118 Å². The van der Waals surface area contributed by atoms with Crippen molar-refractivity contribution >= 4 is 21.4 Å². The van der Waals surface area contributed by atoms with Crippen molar-refractivity contribution in [1.82, 2.24) is 0 Å². The molecule has 0 fully saturated rings. The van der Waals surface area contributed by atoms with Gasteiger partial charge in [-0.25, -0.2) is 13.6 Å². The van der Waals surface area contributed by atoms with Crippen molar-refractivity contribution in [3.05, 3.63) is 18.2 Å². The fourth-order valence-corrected chi connectivity index (χ4v) is 1.80. The number of rotatable bonds is 4. The Morgan fingerprint density at radius 3 is 2.41 bits per heavy atom. The van der Waals surface area contributed by atoms with Gasteiger partial charge in [0.1, 0.15) is 0 Å². The molecule has 0 saturated heterocycles. The van der Waals surface area contributed by atoms with Gasteiger partial charge < -0.3 is 16.2 Å². The smallest absolute Gasteiger partial charge is 0.238 e. The fourth-order valence-electron chi connectivity index (χ4n) is 1.21. The van der Waals surface area contributed by atoms with Crippen molar-refractivity contribution in [2.75, 3.05) is 17.6 Å². The summed E-state index contributed by atoms with van der Waals surface area (Å²) in [6, 6.07) is 4.22. The minimum atomic E-state index is -3.78. The highest BCUT2D eigenvalue weighted by Gasteiger charge is 2.14. The third-order valence-electron chi connectivity index (χ3n) is 1.98. The molecule has 6 N–H and O–H groups in total. The third-order valence-corrected chi connectivity index (χ3v) is 2.88. The minimum absolute atomic E-state index is 0.0595. The minimum Gasteiger partial charge on any atom is -0.399 e. The van der Waals surface area contributed by atoms with E-state index < -0.39 is 15.6 Å². The molecule has 0 heterocycles. The van der Waals surface area contributed by atoms with Crippen molar-refractivity contribution in [3.8, 4) is 0 Å². The van der Waals surface area contributed by atoms with Crippen LogP contribution < -0.4 is 16.2 Å². The molecule has 96 valence electrons. The second-order valence-electron chi connectivity index (χ2n) is 4.50. The van der Waals surface area contributed by atoms with Crippen LogP contribution in [0.15, 0.2) is 23.1 Å². The Labute approximate surface area is 101 Å². The maximum Gasteiger partial charge on any atom is 0.238 e. The van der Waals surface area contributed by atoms with Gasteiger partial charge in [0.15, 0.2) is 0 Å². The summed E-state index contributed by atoms with van der Waals surface area (Å²) >= 11 is 0. The van der Waals surface area contributed by atoms with Gasteiger partial charge in [-0.2, -0.15) is 0 Å².